The van der Waals surface area contributed by atoms with E-state index in [4.69, 9.17) is 9.47 Å². The molecule has 0 unspecified atom stereocenters. The van der Waals surface area contributed by atoms with Crippen molar-refractivity contribution < 1.29 is 114 Å². The Morgan fingerprint density at radius 1 is 0.710 bits per heavy atom. The number of phenolic OH excluding ortho intramolecular Hbond substituents is 2. The van der Waals surface area contributed by atoms with Crippen LogP contribution in [0.4, 0.5) is 17.1 Å². The van der Waals surface area contributed by atoms with E-state index in [-0.39, 0.29) is 104 Å². The van der Waals surface area contributed by atoms with Gasteiger partial charge in [-0.05, 0) is 110 Å². The summed E-state index contributed by atoms with van der Waals surface area (Å²) in [5.41, 5.74) is 1.49. The molecule has 6 rings (SSSR count). The van der Waals surface area contributed by atoms with Gasteiger partial charge in [0, 0.05) is 29.6 Å². The third-order valence-corrected chi connectivity index (χ3v) is 12.6. The number of azo groups is 1. The maximum atomic E-state index is 13.5. The first-order valence-corrected chi connectivity index (χ1v) is 24.8. The van der Waals surface area contributed by atoms with E-state index in [9.17, 15) is 45.7 Å². The van der Waals surface area contributed by atoms with Crippen molar-refractivity contribution >= 4 is 70.7 Å². The Balaban J connectivity index is 0.00000518. The Morgan fingerprint density at radius 2 is 1.39 bits per heavy atom. The third kappa shape index (κ3) is 15.2. The molecule has 0 saturated heterocycles. The van der Waals surface area contributed by atoms with Crippen molar-refractivity contribution in [1.29, 1.82) is 0 Å². The number of aromatic hydroxyl groups is 2. The summed E-state index contributed by atoms with van der Waals surface area (Å²) in [5, 5.41) is 35.6. The number of hydrogen-bond donors (Lipinski definition) is 4. The molecular weight excluding hydrogens is 947 g/mol. The van der Waals surface area contributed by atoms with E-state index in [1.807, 2.05) is 0 Å². The van der Waals surface area contributed by atoms with Gasteiger partial charge in [-0.15, -0.1) is 5.11 Å². The van der Waals surface area contributed by atoms with Crippen LogP contribution in [0.2, 0.25) is 0 Å². The standard InChI is InChI=1S/C49H54N4O12S2.2Na/c1-4-6-8-14-32-18-23-42(33(26-32)15-9-7-5-2)64-25-13-12-24-50-49(57)40-30-43(38-16-10-11-17-39(38)47(40)55)65-36-21-19-35(20-22-36)52-53-46-44(67(61,62)63)28-34-27-37(66(58,59)60)29-41(51-31(3)54)45(34)48(46)56;;/h10-11,16-23,26-30,55-56H,4-9,12-15,24-25H2,1-3H3,(H,50,57)(H,51,54)(H,58,59,60)(H,61,62,63);;/q;2*+1/p-2. The number of rotatable bonds is 22. The number of benzene rings is 6. The molecular formula is C49H52N4Na2O12S2. The maximum Gasteiger partial charge on any atom is 1.00 e. The van der Waals surface area contributed by atoms with Crippen molar-refractivity contribution in [2.75, 3.05) is 18.5 Å². The summed E-state index contributed by atoms with van der Waals surface area (Å²) >= 11 is 0. The monoisotopic (exact) mass is 998 g/mol. The smallest absolute Gasteiger partial charge is 0.744 e. The van der Waals surface area contributed by atoms with Crippen molar-refractivity contribution in [2.24, 2.45) is 10.2 Å². The second-order valence-electron chi connectivity index (χ2n) is 16.0. The minimum Gasteiger partial charge on any atom is -0.744 e. The van der Waals surface area contributed by atoms with E-state index >= 15 is 0 Å². The zero-order valence-electron chi connectivity index (χ0n) is 39.3. The number of nitrogens with one attached hydrogen (secondary N) is 2. The summed E-state index contributed by atoms with van der Waals surface area (Å²) < 4.78 is 84.9. The Morgan fingerprint density at radius 3 is 2.04 bits per heavy atom. The summed E-state index contributed by atoms with van der Waals surface area (Å²) in [6.07, 6.45) is 10.3. The number of nitrogens with zero attached hydrogens (tertiary/aromatic N) is 2. The maximum absolute atomic E-state index is 13.5. The van der Waals surface area contributed by atoms with Crippen molar-refractivity contribution in [3.05, 3.63) is 108 Å². The van der Waals surface area contributed by atoms with E-state index in [0.717, 1.165) is 63.0 Å². The topological polar surface area (TPSA) is 256 Å². The van der Waals surface area contributed by atoms with Gasteiger partial charge in [-0.25, -0.2) is 16.8 Å². The Bertz CT molecular complexity index is 3040. The van der Waals surface area contributed by atoms with Gasteiger partial charge in [-0.2, -0.15) is 5.11 Å². The van der Waals surface area contributed by atoms with Crippen LogP contribution in [0.3, 0.4) is 0 Å². The van der Waals surface area contributed by atoms with Gasteiger partial charge >= 0.3 is 59.1 Å². The molecule has 0 bridgehead atoms. The fourth-order valence-electron chi connectivity index (χ4n) is 7.55. The number of amides is 2. The molecule has 16 nitrogen and oxygen atoms in total. The first-order valence-electron chi connectivity index (χ1n) is 22.0. The van der Waals surface area contributed by atoms with Gasteiger partial charge in [0.1, 0.15) is 48.9 Å². The molecule has 6 aromatic carbocycles. The van der Waals surface area contributed by atoms with Crippen LogP contribution >= 0.6 is 0 Å². The Labute approximate surface area is 446 Å². The predicted octanol–water partition coefficient (Wildman–Crippen LogP) is 4.44. The Hall–Kier alpha value is -4.60. The van der Waals surface area contributed by atoms with Gasteiger partial charge in [0.05, 0.1) is 33.3 Å². The SMILES string of the molecule is CCCCCc1ccc(OCCCCNC(=O)c2cc(Oc3ccc(N=Nc4c(S(=O)(=O)[O-])cc5cc(S(=O)(=O)[O-])cc(NC(C)=O)c5c4O)cc3)c3ccccc3c2O)c(CCCCC)c1.[Na+].[Na+]. The number of ether oxygens (including phenoxy) is 2. The molecule has 0 radical (unpaired) electrons. The van der Waals surface area contributed by atoms with Crippen LogP contribution in [0.15, 0.2) is 111 Å². The summed E-state index contributed by atoms with van der Waals surface area (Å²) in [7, 11) is -10.5. The zero-order chi connectivity index (χ0) is 48.3. The predicted molar refractivity (Wildman–Crippen MR) is 252 cm³/mol. The summed E-state index contributed by atoms with van der Waals surface area (Å²) in [5.74, 6) is -0.962. The zero-order valence-corrected chi connectivity index (χ0v) is 45.0. The minimum absolute atomic E-state index is 0. The number of phenols is 2. The molecule has 0 fully saturated rings. The number of unbranched alkanes of at least 4 members (excludes halogenated alkanes) is 5. The molecule has 0 atom stereocenters. The van der Waals surface area contributed by atoms with Crippen LogP contribution in [0.5, 0.6) is 28.7 Å². The van der Waals surface area contributed by atoms with Crippen LogP contribution in [0, 0.1) is 0 Å². The second kappa shape index (κ2) is 26.0. The van der Waals surface area contributed by atoms with E-state index in [0.29, 0.717) is 36.8 Å². The van der Waals surface area contributed by atoms with Crippen molar-refractivity contribution in [1.82, 2.24) is 5.32 Å². The number of carbonyl (C=O) groups is 2. The number of aryl methyl sites for hydroxylation is 2. The minimum atomic E-state index is -5.39. The number of carbonyl (C=O) groups excluding carboxylic acids is 2. The first-order chi connectivity index (χ1) is 32.0. The van der Waals surface area contributed by atoms with E-state index in [2.05, 4.69) is 52.9 Å². The average Bonchev–Trinajstić information content (AvgIpc) is 3.28. The van der Waals surface area contributed by atoms with Crippen molar-refractivity contribution in [2.45, 2.75) is 94.8 Å². The largest absolute Gasteiger partial charge is 1.00 e. The molecule has 0 spiro atoms. The van der Waals surface area contributed by atoms with Gasteiger partial charge in [0.15, 0.2) is 5.75 Å². The van der Waals surface area contributed by atoms with Gasteiger partial charge < -0.3 is 39.4 Å². The van der Waals surface area contributed by atoms with Crippen LogP contribution < -0.4 is 79.2 Å². The van der Waals surface area contributed by atoms with Crippen LogP contribution in [-0.4, -0.2) is 61.1 Å². The number of anilines is 1. The molecule has 6 aromatic rings. The van der Waals surface area contributed by atoms with Crippen LogP contribution in [0.1, 0.15) is 93.6 Å². The van der Waals surface area contributed by atoms with Gasteiger partial charge in [-0.3, -0.25) is 9.59 Å². The van der Waals surface area contributed by atoms with E-state index < -0.39 is 53.3 Å². The average molecular weight is 999 g/mol. The normalized spacial score (nSPS) is 11.6. The molecule has 0 heterocycles. The summed E-state index contributed by atoms with van der Waals surface area (Å²) in [6.45, 7) is 6.29. The second-order valence-corrected chi connectivity index (χ2v) is 18.7. The molecule has 69 heavy (non-hydrogen) atoms. The molecule has 2 amide bonds. The molecule has 0 aliphatic rings. The molecule has 0 saturated carbocycles. The molecule has 354 valence electrons. The Kier molecular flexibility index (Phi) is 21.5. The first kappa shape index (κ1) is 57.0. The molecule has 4 N–H and O–H groups in total. The molecule has 20 heteroatoms. The quantitative estimate of drug-likeness (QED) is 0.0319. The van der Waals surface area contributed by atoms with Crippen molar-refractivity contribution in [3.63, 3.8) is 0 Å². The van der Waals surface area contributed by atoms with Crippen LogP contribution in [0.25, 0.3) is 21.5 Å². The fraction of sp³-hybridized carbons (Fsp3) is 0.306. The van der Waals surface area contributed by atoms with Gasteiger partial charge in [0.2, 0.25) is 5.91 Å². The van der Waals surface area contributed by atoms with Crippen molar-refractivity contribution in [3.8, 4) is 28.7 Å². The molecule has 0 aliphatic carbocycles. The number of fused-ring (bicyclic) bond motifs is 2. The van der Waals surface area contributed by atoms with Gasteiger partial charge in [0.25, 0.3) is 5.91 Å². The molecule has 0 aromatic heterocycles. The molecule has 0 aliphatic heterocycles. The fourth-order valence-corrected chi connectivity index (χ4v) is 8.73. The number of hydrogen-bond acceptors (Lipinski definition) is 14. The van der Waals surface area contributed by atoms with E-state index in [1.165, 1.54) is 60.7 Å². The summed E-state index contributed by atoms with van der Waals surface area (Å²) in [6, 6.07) is 22.9. The summed E-state index contributed by atoms with van der Waals surface area (Å²) in [4.78, 5) is 23.5. The third-order valence-electron chi connectivity index (χ3n) is 10.9. The van der Waals surface area contributed by atoms with E-state index in [1.54, 1.807) is 24.3 Å². The van der Waals surface area contributed by atoms with Crippen LogP contribution in [-0.2, 0) is 37.9 Å². The van der Waals surface area contributed by atoms with Gasteiger partial charge in [-0.1, -0.05) is 75.9 Å².